The summed E-state index contributed by atoms with van der Waals surface area (Å²) in [7, 11) is 0. The highest BCUT2D eigenvalue weighted by Gasteiger charge is 2.18. The van der Waals surface area contributed by atoms with E-state index >= 15 is 0 Å². The van der Waals surface area contributed by atoms with E-state index in [4.69, 9.17) is 0 Å². The number of anilines is 1. The average molecular weight is 446 g/mol. The van der Waals surface area contributed by atoms with Crippen molar-refractivity contribution in [3.63, 3.8) is 0 Å². The minimum absolute atomic E-state index is 0.184. The number of hydrogen-bond acceptors (Lipinski definition) is 6. The number of thiophene rings is 1. The van der Waals surface area contributed by atoms with Gasteiger partial charge in [0.2, 0.25) is 5.95 Å². The van der Waals surface area contributed by atoms with Crippen LogP contribution in [0.3, 0.4) is 0 Å². The summed E-state index contributed by atoms with van der Waals surface area (Å²) in [5.74, 6) is 0.329. The maximum absolute atomic E-state index is 12.8. The monoisotopic (exact) mass is 445 g/mol. The van der Waals surface area contributed by atoms with Gasteiger partial charge in [0.25, 0.3) is 11.5 Å². The van der Waals surface area contributed by atoms with Crippen LogP contribution in [0.2, 0.25) is 0 Å². The highest BCUT2D eigenvalue weighted by atomic mass is 32.1. The summed E-state index contributed by atoms with van der Waals surface area (Å²) >= 11 is 1.34. The molecular weight excluding hydrogens is 426 g/mol. The van der Waals surface area contributed by atoms with E-state index < -0.39 is 0 Å². The number of aromatic amines is 1. The topological polar surface area (TPSA) is 110 Å². The number of benzene rings is 1. The zero-order valence-electron chi connectivity index (χ0n) is 17.6. The largest absolute Gasteiger partial charge is 0.306 e. The normalized spacial score (nSPS) is 11.2. The molecule has 4 heterocycles. The number of aryl methyl sites for hydroxylation is 2. The van der Waals surface area contributed by atoms with Gasteiger partial charge in [-0.2, -0.15) is 19.9 Å². The Kier molecular flexibility index (Phi) is 4.71. The van der Waals surface area contributed by atoms with Crippen LogP contribution in [-0.4, -0.2) is 35.4 Å². The van der Waals surface area contributed by atoms with Gasteiger partial charge in [-0.05, 0) is 49.4 Å². The Morgan fingerprint density at radius 3 is 2.75 bits per heavy atom. The molecule has 0 atom stereocenters. The maximum atomic E-state index is 12.8. The van der Waals surface area contributed by atoms with Crippen molar-refractivity contribution in [3.05, 3.63) is 80.0 Å². The first-order valence-corrected chi connectivity index (χ1v) is 10.8. The van der Waals surface area contributed by atoms with Crippen molar-refractivity contribution >= 4 is 34.1 Å². The van der Waals surface area contributed by atoms with Crippen LogP contribution in [0.5, 0.6) is 0 Å². The lowest BCUT2D eigenvalue weighted by Crippen LogP contribution is -2.18. The molecule has 10 heteroatoms. The minimum atomic E-state index is -0.342. The molecule has 0 radical (unpaired) electrons. The fourth-order valence-corrected chi connectivity index (χ4v) is 4.10. The second-order valence-electron chi connectivity index (χ2n) is 7.42. The molecule has 1 aromatic carbocycles. The van der Waals surface area contributed by atoms with Gasteiger partial charge >= 0.3 is 0 Å². The summed E-state index contributed by atoms with van der Waals surface area (Å²) in [6.07, 6.45) is 1.50. The van der Waals surface area contributed by atoms with Crippen molar-refractivity contribution in [2.45, 2.75) is 20.8 Å². The molecule has 0 aliphatic heterocycles. The van der Waals surface area contributed by atoms with Crippen molar-refractivity contribution in [1.29, 1.82) is 0 Å². The Labute approximate surface area is 186 Å². The summed E-state index contributed by atoms with van der Waals surface area (Å²) in [6.45, 7) is 5.82. The van der Waals surface area contributed by atoms with Crippen molar-refractivity contribution in [2.24, 2.45) is 0 Å². The molecule has 0 unspecified atom stereocenters. The number of carbonyl (C=O) groups excluding carboxylic acids is 1. The molecule has 1 amide bonds. The fraction of sp³-hybridized carbons (Fsp3) is 0.136. The van der Waals surface area contributed by atoms with Gasteiger partial charge in [-0.25, -0.2) is 4.68 Å². The van der Waals surface area contributed by atoms with Crippen LogP contribution in [0.15, 0.2) is 52.8 Å². The number of fused-ring (bicyclic) bond motifs is 1. The first kappa shape index (κ1) is 19.9. The van der Waals surface area contributed by atoms with Gasteiger partial charge in [-0.1, -0.05) is 18.2 Å². The van der Waals surface area contributed by atoms with Crippen LogP contribution in [-0.2, 0) is 0 Å². The van der Waals surface area contributed by atoms with Crippen LogP contribution in [0.1, 0.15) is 26.5 Å². The average Bonchev–Trinajstić information content (AvgIpc) is 3.50. The van der Waals surface area contributed by atoms with E-state index in [2.05, 4.69) is 25.5 Å². The van der Waals surface area contributed by atoms with E-state index in [1.807, 2.05) is 43.5 Å². The minimum Gasteiger partial charge on any atom is -0.306 e. The zero-order chi connectivity index (χ0) is 22.4. The van der Waals surface area contributed by atoms with E-state index in [0.29, 0.717) is 27.4 Å². The molecule has 32 heavy (non-hydrogen) atoms. The zero-order valence-corrected chi connectivity index (χ0v) is 18.4. The first-order valence-electron chi connectivity index (χ1n) is 9.89. The van der Waals surface area contributed by atoms with Crippen LogP contribution < -0.4 is 10.9 Å². The smallest absolute Gasteiger partial charge is 0.266 e. The van der Waals surface area contributed by atoms with Crippen molar-refractivity contribution in [1.82, 2.24) is 29.5 Å². The van der Waals surface area contributed by atoms with Crippen molar-refractivity contribution < 1.29 is 4.79 Å². The van der Waals surface area contributed by atoms with Crippen LogP contribution in [0.4, 0.5) is 5.82 Å². The van der Waals surface area contributed by atoms with Gasteiger partial charge in [0, 0.05) is 6.07 Å². The number of hydrogen-bond donors (Lipinski definition) is 2. The third kappa shape index (κ3) is 3.30. The molecule has 9 nitrogen and oxygen atoms in total. The molecule has 0 fully saturated rings. The molecule has 0 bridgehead atoms. The highest BCUT2D eigenvalue weighted by molar-refractivity contribution is 7.12. The molecular formula is C22H19N7O2S. The molecule has 160 valence electrons. The standard InChI is InChI=1S/C22H19N7O2S/c1-12-6-4-7-16(14(12)3)28-19-15(11-23-28)20(30)26-22(25-19)29-18(10-13(2)27-29)24-21(31)17-8-5-9-32-17/h4-11H,1-3H3,(H,24,31)(H,25,26,30). The molecule has 4 aromatic heterocycles. The van der Waals surface area contributed by atoms with Gasteiger partial charge in [0.15, 0.2) is 5.65 Å². The molecule has 0 saturated heterocycles. The molecule has 0 aliphatic carbocycles. The Hall–Kier alpha value is -4.05. The lowest BCUT2D eigenvalue weighted by atomic mass is 10.1. The molecule has 0 saturated carbocycles. The van der Waals surface area contributed by atoms with Crippen LogP contribution in [0.25, 0.3) is 22.7 Å². The van der Waals surface area contributed by atoms with Crippen molar-refractivity contribution in [3.8, 4) is 11.6 Å². The Bertz CT molecular complexity index is 1530. The van der Waals surface area contributed by atoms with Crippen LogP contribution in [0, 0.1) is 20.8 Å². The Morgan fingerprint density at radius 1 is 1.12 bits per heavy atom. The second kappa shape index (κ2) is 7.57. The van der Waals surface area contributed by atoms with Gasteiger partial charge in [0.1, 0.15) is 11.2 Å². The third-order valence-corrected chi connectivity index (χ3v) is 6.12. The van der Waals surface area contributed by atoms with Gasteiger partial charge in [0.05, 0.1) is 22.5 Å². The number of rotatable bonds is 4. The first-order chi connectivity index (χ1) is 15.4. The lowest BCUT2D eigenvalue weighted by molar-refractivity contribution is 0.103. The number of nitrogens with one attached hydrogen (secondary N) is 2. The fourth-order valence-electron chi connectivity index (χ4n) is 3.48. The quantitative estimate of drug-likeness (QED) is 0.440. The third-order valence-electron chi connectivity index (χ3n) is 5.25. The molecule has 0 spiro atoms. The number of amides is 1. The molecule has 5 aromatic rings. The molecule has 5 rings (SSSR count). The van der Waals surface area contributed by atoms with Gasteiger partial charge in [-0.3, -0.25) is 14.6 Å². The SMILES string of the molecule is Cc1cc(NC(=O)c2cccs2)n(-c2nc3c(cnn3-c3cccc(C)c3C)c(=O)[nH]2)n1. The molecule has 0 aliphatic rings. The van der Waals surface area contributed by atoms with Gasteiger partial charge < -0.3 is 5.32 Å². The number of carbonyl (C=O) groups is 1. The molecule has 2 N–H and O–H groups in total. The van der Waals surface area contributed by atoms with E-state index in [1.165, 1.54) is 22.2 Å². The van der Waals surface area contributed by atoms with Gasteiger partial charge in [-0.15, -0.1) is 11.3 Å². The summed E-state index contributed by atoms with van der Waals surface area (Å²) in [5, 5.41) is 13.9. The maximum Gasteiger partial charge on any atom is 0.266 e. The highest BCUT2D eigenvalue weighted by Crippen LogP contribution is 2.22. The number of aromatic nitrogens is 6. The van der Waals surface area contributed by atoms with E-state index in [9.17, 15) is 9.59 Å². The summed E-state index contributed by atoms with van der Waals surface area (Å²) < 4.78 is 3.07. The predicted octanol–water partition coefficient (Wildman–Crippen LogP) is 3.53. The predicted molar refractivity (Wildman–Crippen MR) is 123 cm³/mol. The second-order valence-corrected chi connectivity index (χ2v) is 8.36. The Balaban J connectivity index is 1.64. The van der Waals surface area contributed by atoms with E-state index in [-0.39, 0.29) is 17.4 Å². The van der Waals surface area contributed by atoms with E-state index in [0.717, 1.165) is 16.8 Å². The summed E-state index contributed by atoms with van der Waals surface area (Å²) in [6, 6.07) is 11.2. The lowest BCUT2D eigenvalue weighted by Gasteiger charge is -2.10. The number of H-pyrrole nitrogens is 1. The van der Waals surface area contributed by atoms with Crippen LogP contribution >= 0.6 is 11.3 Å². The van der Waals surface area contributed by atoms with E-state index in [1.54, 1.807) is 23.7 Å². The van der Waals surface area contributed by atoms with Crippen molar-refractivity contribution in [2.75, 3.05) is 5.32 Å². The number of nitrogens with zero attached hydrogens (tertiary/aromatic N) is 5. The summed E-state index contributed by atoms with van der Waals surface area (Å²) in [4.78, 5) is 33.4. The summed E-state index contributed by atoms with van der Waals surface area (Å²) in [5.41, 5.74) is 3.72. The Morgan fingerprint density at radius 2 is 1.97 bits per heavy atom.